The lowest BCUT2D eigenvalue weighted by molar-refractivity contribution is 0.104. The average molecular weight is 275 g/mol. The van der Waals surface area contributed by atoms with Crippen LogP contribution in [0.5, 0.6) is 0 Å². The van der Waals surface area contributed by atoms with E-state index >= 15 is 0 Å². The van der Waals surface area contributed by atoms with Crippen LogP contribution in [-0.2, 0) is 0 Å². The van der Waals surface area contributed by atoms with E-state index in [1.54, 1.807) is 30.3 Å². The molecule has 0 saturated heterocycles. The molecule has 2 aromatic rings. The largest absolute Gasteiger partial charge is 0.288 e. The maximum Gasteiger partial charge on any atom is 0.203 e. The molecule has 0 aromatic heterocycles. The topological polar surface area (TPSA) is 40.9 Å². The zero-order chi connectivity index (χ0) is 15.4. The molecule has 2 nitrogen and oxygen atoms in total. The number of carbonyl (C=O) groups is 1. The highest BCUT2D eigenvalue weighted by molar-refractivity contribution is 6.14. The number of nitrogens with zero attached hydrogens (tertiary/aromatic N) is 1. The maximum absolute atomic E-state index is 12.4. The predicted molar refractivity (Wildman–Crippen MR) is 85.0 cm³/mol. The molecular weight excluding hydrogens is 258 g/mol. The van der Waals surface area contributed by atoms with Crippen LogP contribution in [0.15, 0.2) is 48.0 Å². The van der Waals surface area contributed by atoms with E-state index < -0.39 is 0 Å². The van der Waals surface area contributed by atoms with Crippen molar-refractivity contribution < 1.29 is 4.79 Å². The number of ketones is 1. The molecule has 0 N–H and O–H groups in total. The van der Waals surface area contributed by atoms with Gasteiger partial charge in [-0.1, -0.05) is 48.0 Å². The van der Waals surface area contributed by atoms with Crippen LogP contribution in [0.4, 0.5) is 0 Å². The van der Waals surface area contributed by atoms with Crippen molar-refractivity contribution in [2.45, 2.75) is 20.8 Å². The van der Waals surface area contributed by atoms with Crippen molar-refractivity contribution in [3.8, 4) is 6.07 Å². The zero-order valence-electron chi connectivity index (χ0n) is 12.5. The summed E-state index contributed by atoms with van der Waals surface area (Å²) in [6.07, 6.45) is 1.69. The third-order valence-corrected chi connectivity index (χ3v) is 3.43. The number of hydrogen-bond donors (Lipinski definition) is 0. The number of Topliss-reactive ketones (excluding diaryl/α,β-unsaturated/α-hetero) is 1. The molecule has 0 aliphatic rings. The number of hydrogen-bond acceptors (Lipinski definition) is 2. The number of benzene rings is 2. The van der Waals surface area contributed by atoms with Gasteiger partial charge in [0.15, 0.2) is 0 Å². The molecule has 0 bridgehead atoms. The smallest absolute Gasteiger partial charge is 0.203 e. The van der Waals surface area contributed by atoms with Gasteiger partial charge >= 0.3 is 0 Å². The van der Waals surface area contributed by atoms with E-state index in [4.69, 9.17) is 0 Å². The van der Waals surface area contributed by atoms with E-state index in [-0.39, 0.29) is 11.4 Å². The second kappa shape index (κ2) is 6.19. The minimum Gasteiger partial charge on any atom is -0.288 e. The lowest BCUT2D eigenvalue weighted by Gasteiger charge is -2.08. The molecular formula is C19H17NO. The highest BCUT2D eigenvalue weighted by atomic mass is 16.1. The van der Waals surface area contributed by atoms with Crippen LogP contribution in [0.25, 0.3) is 6.08 Å². The fraction of sp³-hybridized carbons (Fsp3) is 0.158. The van der Waals surface area contributed by atoms with Gasteiger partial charge in [0.2, 0.25) is 5.78 Å². The molecule has 2 rings (SSSR count). The van der Waals surface area contributed by atoms with Crippen molar-refractivity contribution in [2.75, 3.05) is 0 Å². The predicted octanol–water partition coefficient (Wildman–Crippen LogP) is 4.40. The molecule has 0 spiro atoms. The van der Waals surface area contributed by atoms with Gasteiger partial charge < -0.3 is 0 Å². The van der Waals surface area contributed by atoms with E-state index in [0.29, 0.717) is 5.56 Å². The molecule has 0 unspecified atom stereocenters. The first-order chi connectivity index (χ1) is 10.0. The Hall–Kier alpha value is -2.66. The van der Waals surface area contributed by atoms with Gasteiger partial charge in [0.05, 0.1) is 0 Å². The van der Waals surface area contributed by atoms with E-state index in [1.807, 2.05) is 32.9 Å². The van der Waals surface area contributed by atoms with Gasteiger partial charge in [0, 0.05) is 5.56 Å². The molecule has 0 amide bonds. The summed E-state index contributed by atoms with van der Waals surface area (Å²) in [6.45, 7) is 6.02. The third kappa shape index (κ3) is 3.27. The standard InChI is InChI=1S/C19H17NO/c1-13-9-14(2)18(15(3)10-13)11-17(12-20)19(21)16-7-5-4-6-8-16/h4-11H,1-3H3. The molecule has 104 valence electrons. The molecule has 2 aromatic carbocycles. The normalized spacial score (nSPS) is 11.0. The van der Waals surface area contributed by atoms with Crippen LogP contribution < -0.4 is 0 Å². The van der Waals surface area contributed by atoms with E-state index in [2.05, 4.69) is 12.1 Å². The third-order valence-electron chi connectivity index (χ3n) is 3.43. The summed E-state index contributed by atoms with van der Waals surface area (Å²) >= 11 is 0. The Kier molecular flexibility index (Phi) is 4.35. The minimum absolute atomic E-state index is 0.163. The molecule has 0 fully saturated rings. The molecule has 0 saturated carbocycles. The molecule has 0 atom stereocenters. The van der Waals surface area contributed by atoms with Crippen molar-refractivity contribution in [1.29, 1.82) is 5.26 Å². The number of rotatable bonds is 3. The molecule has 2 heteroatoms. The fourth-order valence-electron chi connectivity index (χ4n) is 2.46. The minimum atomic E-state index is -0.238. The van der Waals surface area contributed by atoms with Crippen molar-refractivity contribution in [2.24, 2.45) is 0 Å². The summed E-state index contributed by atoms with van der Waals surface area (Å²) in [5.41, 5.74) is 4.96. The van der Waals surface area contributed by atoms with E-state index in [1.165, 1.54) is 5.56 Å². The van der Waals surface area contributed by atoms with Crippen LogP contribution in [0.3, 0.4) is 0 Å². The number of carbonyl (C=O) groups excluding carboxylic acids is 1. The first-order valence-electron chi connectivity index (χ1n) is 6.82. The van der Waals surface area contributed by atoms with Crippen molar-refractivity contribution in [3.63, 3.8) is 0 Å². The van der Waals surface area contributed by atoms with Crippen LogP contribution >= 0.6 is 0 Å². The Morgan fingerprint density at radius 3 is 2.14 bits per heavy atom. The summed E-state index contributed by atoms with van der Waals surface area (Å²) in [5, 5.41) is 9.32. The SMILES string of the molecule is Cc1cc(C)c(C=C(C#N)C(=O)c2ccccc2)c(C)c1. The van der Waals surface area contributed by atoms with E-state index in [0.717, 1.165) is 16.7 Å². The quantitative estimate of drug-likeness (QED) is 0.473. The Labute approximate surface area is 125 Å². The summed E-state index contributed by atoms with van der Waals surface area (Å²) in [4.78, 5) is 12.4. The molecule has 0 aliphatic carbocycles. The second-order valence-electron chi connectivity index (χ2n) is 5.18. The Morgan fingerprint density at radius 2 is 1.62 bits per heavy atom. The first-order valence-corrected chi connectivity index (χ1v) is 6.82. The van der Waals surface area contributed by atoms with Crippen molar-refractivity contribution in [3.05, 3.63) is 75.9 Å². The lowest BCUT2D eigenvalue weighted by atomic mass is 9.95. The van der Waals surface area contributed by atoms with Crippen LogP contribution in [-0.4, -0.2) is 5.78 Å². The Balaban J connectivity index is 2.48. The van der Waals surface area contributed by atoms with Gasteiger partial charge in [0.1, 0.15) is 11.6 Å². The second-order valence-corrected chi connectivity index (χ2v) is 5.18. The highest BCUT2D eigenvalue weighted by Crippen LogP contribution is 2.20. The van der Waals surface area contributed by atoms with Gasteiger partial charge in [-0.05, 0) is 43.5 Å². The Morgan fingerprint density at radius 1 is 1.05 bits per heavy atom. The monoisotopic (exact) mass is 275 g/mol. The van der Waals surface area contributed by atoms with Gasteiger partial charge in [-0.2, -0.15) is 5.26 Å². The summed E-state index contributed by atoms with van der Waals surface area (Å²) in [6, 6.07) is 15.0. The number of allylic oxidation sites excluding steroid dienone is 1. The highest BCUT2D eigenvalue weighted by Gasteiger charge is 2.13. The van der Waals surface area contributed by atoms with Crippen LogP contribution in [0, 0.1) is 32.1 Å². The number of nitriles is 1. The fourth-order valence-corrected chi connectivity index (χ4v) is 2.46. The van der Waals surface area contributed by atoms with Crippen molar-refractivity contribution in [1.82, 2.24) is 0 Å². The molecule has 0 aliphatic heterocycles. The summed E-state index contributed by atoms with van der Waals surface area (Å²) in [5.74, 6) is -0.238. The van der Waals surface area contributed by atoms with Gasteiger partial charge in [-0.15, -0.1) is 0 Å². The average Bonchev–Trinajstić information content (AvgIpc) is 2.47. The van der Waals surface area contributed by atoms with E-state index in [9.17, 15) is 10.1 Å². The summed E-state index contributed by atoms with van der Waals surface area (Å²) in [7, 11) is 0. The van der Waals surface area contributed by atoms with Crippen LogP contribution in [0.2, 0.25) is 0 Å². The van der Waals surface area contributed by atoms with Crippen molar-refractivity contribution >= 4 is 11.9 Å². The first kappa shape index (κ1) is 14.7. The van der Waals surface area contributed by atoms with Gasteiger partial charge in [0.25, 0.3) is 0 Å². The molecule has 21 heavy (non-hydrogen) atoms. The van der Waals surface area contributed by atoms with Gasteiger partial charge in [-0.25, -0.2) is 0 Å². The Bertz CT molecular complexity index is 726. The van der Waals surface area contributed by atoms with Gasteiger partial charge in [-0.3, -0.25) is 4.79 Å². The summed E-state index contributed by atoms with van der Waals surface area (Å²) < 4.78 is 0. The zero-order valence-corrected chi connectivity index (χ0v) is 12.5. The maximum atomic E-state index is 12.4. The van der Waals surface area contributed by atoms with Crippen LogP contribution in [0.1, 0.15) is 32.6 Å². The lowest BCUT2D eigenvalue weighted by Crippen LogP contribution is -2.02. The molecule has 0 heterocycles. The number of aryl methyl sites for hydroxylation is 3. The molecule has 0 radical (unpaired) electrons.